The normalized spacial score (nSPS) is 15.8. The summed E-state index contributed by atoms with van der Waals surface area (Å²) in [6, 6.07) is 10.9. The molecule has 3 rings (SSSR count). The lowest BCUT2D eigenvalue weighted by molar-refractivity contribution is 0.584. The molecule has 3 nitrogen and oxygen atoms in total. The number of pyridine rings is 1. The van der Waals surface area contributed by atoms with E-state index in [1.807, 2.05) is 0 Å². The highest BCUT2D eigenvalue weighted by atomic mass is 15.2. The first kappa shape index (κ1) is 13.4. The molecule has 0 saturated carbocycles. The number of fused-ring (bicyclic) bond motifs is 1. The molecule has 1 aliphatic heterocycles. The molecule has 20 heavy (non-hydrogen) atoms. The van der Waals surface area contributed by atoms with E-state index < -0.39 is 0 Å². The van der Waals surface area contributed by atoms with Crippen molar-refractivity contribution in [2.45, 2.75) is 26.2 Å². The van der Waals surface area contributed by atoms with Gasteiger partial charge in [0.25, 0.3) is 0 Å². The molecule has 0 amide bonds. The lowest BCUT2D eigenvalue weighted by Gasteiger charge is -2.29. The average Bonchev–Trinajstić information content (AvgIpc) is 2.53. The van der Waals surface area contributed by atoms with E-state index in [2.05, 4.69) is 47.5 Å². The van der Waals surface area contributed by atoms with Gasteiger partial charge in [0, 0.05) is 31.6 Å². The minimum absolute atomic E-state index is 1.05. The maximum absolute atomic E-state index is 4.96. The van der Waals surface area contributed by atoms with Crippen LogP contribution in [0.3, 0.4) is 0 Å². The summed E-state index contributed by atoms with van der Waals surface area (Å²) in [4.78, 5) is 7.36. The summed E-state index contributed by atoms with van der Waals surface area (Å²) in [5.41, 5.74) is 1.26. The monoisotopic (exact) mass is 269 g/mol. The summed E-state index contributed by atoms with van der Waals surface area (Å²) in [7, 11) is 0. The number of aryl methyl sites for hydroxylation is 1. The third-order valence-electron chi connectivity index (χ3n) is 4.01. The Labute approximate surface area is 121 Å². The number of piperazine rings is 1. The van der Waals surface area contributed by atoms with Crippen LogP contribution in [0.5, 0.6) is 0 Å². The number of aromatic nitrogens is 1. The van der Waals surface area contributed by atoms with Crippen LogP contribution in [0.2, 0.25) is 0 Å². The van der Waals surface area contributed by atoms with Crippen molar-refractivity contribution in [3.63, 3.8) is 0 Å². The van der Waals surface area contributed by atoms with E-state index >= 15 is 0 Å². The molecule has 0 unspecified atom stereocenters. The minimum atomic E-state index is 1.05. The number of rotatable bonds is 4. The first-order valence-electron chi connectivity index (χ1n) is 7.73. The van der Waals surface area contributed by atoms with Gasteiger partial charge in [-0.1, -0.05) is 37.6 Å². The van der Waals surface area contributed by atoms with E-state index in [-0.39, 0.29) is 0 Å². The third-order valence-corrected chi connectivity index (χ3v) is 4.01. The molecule has 1 saturated heterocycles. The molecule has 1 fully saturated rings. The van der Waals surface area contributed by atoms with Crippen LogP contribution in [-0.2, 0) is 6.42 Å². The van der Waals surface area contributed by atoms with Crippen LogP contribution in [0.1, 0.15) is 25.5 Å². The van der Waals surface area contributed by atoms with Gasteiger partial charge < -0.3 is 10.2 Å². The fourth-order valence-corrected chi connectivity index (χ4v) is 2.85. The zero-order valence-electron chi connectivity index (χ0n) is 12.2. The van der Waals surface area contributed by atoms with E-state index in [0.717, 1.165) is 38.4 Å². The highest BCUT2D eigenvalue weighted by Crippen LogP contribution is 2.24. The Kier molecular flexibility index (Phi) is 4.16. The Morgan fingerprint density at radius 3 is 2.80 bits per heavy atom. The Hall–Kier alpha value is -1.61. The van der Waals surface area contributed by atoms with Gasteiger partial charge in [0.05, 0.1) is 5.69 Å². The Morgan fingerprint density at radius 1 is 1.20 bits per heavy atom. The summed E-state index contributed by atoms with van der Waals surface area (Å²) in [5, 5.41) is 6.04. The van der Waals surface area contributed by atoms with Crippen molar-refractivity contribution >= 4 is 16.6 Å². The molecule has 0 atom stereocenters. The molecule has 0 radical (unpaired) electrons. The quantitative estimate of drug-likeness (QED) is 0.925. The summed E-state index contributed by atoms with van der Waals surface area (Å²) >= 11 is 0. The van der Waals surface area contributed by atoms with Gasteiger partial charge in [-0.2, -0.15) is 0 Å². The molecule has 3 heteroatoms. The summed E-state index contributed by atoms with van der Waals surface area (Å²) in [6.07, 6.45) is 3.51. The second-order valence-corrected chi connectivity index (χ2v) is 5.49. The second-order valence-electron chi connectivity index (χ2n) is 5.49. The molecule has 1 aliphatic rings. The predicted molar refractivity (Wildman–Crippen MR) is 85.4 cm³/mol. The molecule has 0 aliphatic carbocycles. The van der Waals surface area contributed by atoms with E-state index in [0.29, 0.717) is 0 Å². The molecule has 106 valence electrons. The lowest BCUT2D eigenvalue weighted by atomic mass is 10.1. The minimum Gasteiger partial charge on any atom is -0.354 e. The van der Waals surface area contributed by atoms with Crippen molar-refractivity contribution in [3.8, 4) is 0 Å². The van der Waals surface area contributed by atoms with Crippen molar-refractivity contribution in [3.05, 3.63) is 36.0 Å². The van der Waals surface area contributed by atoms with Crippen molar-refractivity contribution in [1.82, 2.24) is 10.3 Å². The molecular formula is C17H23N3. The Morgan fingerprint density at radius 2 is 2.00 bits per heavy atom. The van der Waals surface area contributed by atoms with Crippen LogP contribution in [0, 0.1) is 0 Å². The van der Waals surface area contributed by atoms with Crippen LogP contribution >= 0.6 is 0 Å². The topological polar surface area (TPSA) is 28.2 Å². The molecule has 0 spiro atoms. The van der Waals surface area contributed by atoms with Crippen molar-refractivity contribution in [1.29, 1.82) is 0 Å². The summed E-state index contributed by atoms with van der Waals surface area (Å²) < 4.78 is 0. The zero-order valence-corrected chi connectivity index (χ0v) is 12.2. The van der Waals surface area contributed by atoms with Gasteiger partial charge in [0.2, 0.25) is 0 Å². The fourth-order valence-electron chi connectivity index (χ4n) is 2.85. The van der Waals surface area contributed by atoms with E-state index in [1.54, 1.807) is 0 Å². The van der Waals surface area contributed by atoms with E-state index in [4.69, 9.17) is 4.98 Å². The number of unbranched alkanes of at least 4 members (excludes halogenated alkanes) is 1. The highest BCUT2D eigenvalue weighted by Gasteiger charge is 2.14. The predicted octanol–water partition coefficient (Wildman–Crippen LogP) is 2.99. The number of hydrogen-bond acceptors (Lipinski definition) is 3. The molecular weight excluding hydrogens is 246 g/mol. The van der Waals surface area contributed by atoms with Gasteiger partial charge in [-0.3, -0.25) is 0 Å². The van der Waals surface area contributed by atoms with E-state index in [9.17, 15) is 0 Å². The molecule has 0 bridgehead atoms. The number of nitrogens with zero attached hydrogens (tertiary/aromatic N) is 2. The summed E-state index contributed by atoms with van der Waals surface area (Å²) in [5.74, 6) is 1.15. The number of hydrogen-bond donors (Lipinski definition) is 1. The second kappa shape index (κ2) is 6.23. The van der Waals surface area contributed by atoms with Crippen molar-refractivity contribution in [2.24, 2.45) is 0 Å². The largest absolute Gasteiger partial charge is 0.354 e. The summed E-state index contributed by atoms with van der Waals surface area (Å²) in [6.45, 7) is 6.46. The molecule has 1 N–H and O–H groups in total. The van der Waals surface area contributed by atoms with Gasteiger partial charge in [-0.15, -0.1) is 0 Å². The van der Waals surface area contributed by atoms with Crippen LogP contribution in [0.4, 0.5) is 5.82 Å². The number of nitrogens with one attached hydrogen (secondary N) is 1. The van der Waals surface area contributed by atoms with Crippen molar-refractivity contribution in [2.75, 3.05) is 31.1 Å². The molecule has 2 aromatic rings. The zero-order chi connectivity index (χ0) is 13.8. The van der Waals surface area contributed by atoms with Gasteiger partial charge in [-0.05, 0) is 24.3 Å². The average molecular weight is 269 g/mol. The fraction of sp³-hybridized carbons (Fsp3) is 0.471. The van der Waals surface area contributed by atoms with Gasteiger partial charge in [-0.25, -0.2) is 4.98 Å². The van der Waals surface area contributed by atoms with Crippen LogP contribution < -0.4 is 10.2 Å². The van der Waals surface area contributed by atoms with Crippen LogP contribution in [-0.4, -0.2) is 31.2 Å². The van der Waals surface area contributed by atoms with Gasteiger partial charge >= 0.3 is 0 Å². The first-order chi connectivity index (χ1) is 9.88. The molecule has 1 aromatic carbocycles. The highest BCUT2D eigenvalue weighted by molar-refractivity contribution is 5.87. The van der Waals surface area contributed by atoms with Gasteiger partial charge in [0.15, 0.2) is 0 Å². The molecule has 1 aromatic heterocycles. The van der Waals surface area contributed by atoms with Crippen LogP contribution in [0.25, 0.3) is 10.8 Å². The number of anilines is 1. The van der Waals surface area contributed by atoms with Crippen LogP contribution in [0.15, 0.2) is 30.3 Å². The Balaban J connectivity index is 1.99. The first-order valence-corrected chi connectivity index (χ1v) is 7.73. The maximum atomic E-state index is 4.96. The standard InChI is InChI=1S/C17H23N3/c1-2-3-8-16-15-7-5-4-6-14(15)13-17(19-16)20-11-9-18-10-12-20/h4-7,13,18H,2-3,8-12H2,1H3. The SMILES string of the molecule is CCCCc1nc(N2CCNCC2)cc2ccccc12. The molecule has 2 heterocycles. The third kappa shape index (κ3) is 2.78. The maximum Gasteiger partial charge on any atom is 0.129 e. The lowest BCUT2D eigenvalue weighted by Crippen LogP contribution is -2.43. The number of benzene rings is 1. The Bertz CT molecular complexity index is 573. The van der Waals surface area contributed by atoms with Gasteiger partial charge in [0.1, 0.15) is 5.82 Å². The van der Waals surface area contributed by atoms with Crippen molar-refractivity contribution < 1.29 is 0 Å². The smallest absolute Gasteiger partial charge is 0.129 e. The van der Waals surface area contributed by atoms with E-state index in [1.165, 1.54) is 29.3 Å².